The van der Waals surface area contributed by atoms with Gasteiger partial charge in [-0.15, -0.1) is 0 Å². The predicted molar refractivity (Wildman–Crippen MR) is 73.9 cm³/mol. The molecule has 0 amide bonds. The maximum absolute atomic E-state index is 5.09. The molecule has 3 heteroatoms. The van der Waals surface area contributed by atoms with Crippen molar-refractivity contribution in [2.75, 3.05) is 13.7 Å². The third kappa shape index (κ3) is 4.30. The second-order valence-corrected chi connectivity index (χ2v) is 5.24. The normalized spacial score (nSPS) is 16.6. The topological polar surface area (TPSA) is 34.1 Å². The molecule has 1 aromatic rings. The minimum atomic E-state index is 0.604. The van der Waals surface area contributed by atoms with Crippen LogP contribution in [-0.4, -0.2) is 24.7 Å². The van der Waals surface area contributed by atoms with Crippen LogP contribution >= 0.6 is 0 Å². The van der Waals surface area contributed by atoms with Gasteiger partial charge < -0.3 is 10.1 Å². The Balaban J connectivity index is 1.88. The maximum Gasteiger partial charge on any atom is 0.212 e. The summed E-state index contributed by atoms with van der Waals surface area (Å²) in [6, 6.07) is 4.68. The van der Waals surface area contributed by atoms with Gasteiger partial charge in [-0.3, -0.25) is 0 Å². The molecule has 2 rings (SSSR count). The summed E-state index contributed by atoms with van der Waals surface area (Å²) >= 11 is 0. The molecule has 0 aliphatic heterocycles. The van der Waals surface area contributed by atoms with Gasteiger partial charge in [0.2, 0.25) is 5.88 Å². The molecule has 0 saturated heterocycles. The van der Waals surface area contributed by atoms with Crippen molar-refractivity contribution < 1.29 is 4.74 Å². The summed E-state index contributed by atoms with van der Waals surface area (Å²) in [5.74, 6) is 1.66. The molecule has 1 N–H and O–H groups in total. The highest BCUT2D eigenvalue weighted by Gasteiger charge is 2.25. The fourth-order valence-electron chi connectivity index (χ4n) is 2.28. The number of aromatic nitrogens is 1. The Labute approximate surface area is 110 Å². The molecule has 100 valence electrons. The zero-order valence-electron chi connectivity index (χ0n) is 11.5. The standard InChI is InChI=1S/C15H24N2O/c1-3-8-16-14(9-12-4-5-12)10-13-6-7-15(18-2)17-11-13/h6-7,11-12,14,16H,3-5,8-10H2,1-2H3. The van der Waals surface area contributed by atoms with Gasteiger partial charge >= 0.3 is 0 Å². The first-order valence-electron chi connectivity index (χ1n) is 7.04. The lowest BCUT2D eigenvalue weighted by Crippen LogP contribution is -2.32. The van der Waals surface area contributed by atoms with Crippen LogP contribution in [0.3, 0.4) is 0 Å². The van der Waals surface area contributed by atoms with E-state index in [-0.39, 0.29) is 0 Å². The quantitative estimate of drug-likeness (QED) is 0.768. The summed E-state index contributed by atoms with van der Waals surface area (Å²) in [5.41, 5.74) is 1.30. The molecule has 1 fully saturated rings. The first-order valence-corrected chi connectivity index (χ1v) is 7.04. The van der Waals surface area contributed by atoms with Gasteiger partial charge in [0.15, 0.2) is 0 Å². The van der Waals surface area contributed by atoms with Crippen molar-refractivity contribution in [1.29, 1.82) is 0 Å². The Kier molecular flexibility index (Phi) is 5.00. The summed E-state index contributed by atoms with van der Waals surface area (Å²) in [6.07, 6.45) is 8.37. The van der Waals surface area contributed by atoms with Gasteiger partial charge in [0.1, 0.15) is 0 Å². The van der Waals surface area contributed by atoms with E-state index in [1.54, 1.807) is 7.11 Å². The predicted octanol–water partition coefficient (Wildman–Crippen LogP) is 2.80. The fraction of sp³-hybridized carbons (Fsp3) is 0.667. The van der Waals surface area contributed by atoms with Gasteiger partial charge in [0.25, 0.3) is 0 Å². The van der Waals surface area contributed by atoms with E-state index in [0.29, 0.717) is 11.9 Å². The average Bonchev–Trinajstić information content (AvgIpc) is 3.21. The van der Waals surface area contributed by atoms with Crippen molar-refractivity contribution in [3.8, 4) is 5.88 Å². The Morgan fingerprint density at radius 3 is 2.83 bits per heavy atom. The molecule has 1 atom stereocenters. The Morgan fingerprint density at radius 1 is 1.44 bits per heavy atom. The van der Waals surface area contributed by atoms with Crippen molar-refractivity contribution in [3.63, 3.8) is 0 Å². The van der Waals surface area contributed by atoms with Gasteiger partial charge in [0.05, 0.1) is 7.11 Å². The monoisotopic (exact) mass is 248 g/mol. The van der Waals surface area contributed by atoms with Crippen molar-refractivity contribution in [2.24, 2.45) is 5.92 Å². The molecule has 1 unspecified atom stereocenters. The number of ether oxygens (including phenoxy) is 1. The van der Waals surface area contributed by atoms with Crippen molar-refractivity contribution in [1.82, 2.24) is 10.3 Å². The summed E-state index contributed by atoms with van der Waals surface area (Å²) in [6.45, 7) is 3.33. The summed E-state index contributed by atoms with van der Waals surface area (Å²) < 4.78 is 5.09. The summed E-state index contributed by atoms with van der Waals surface area (Å²) in [5, 5.41) is 3.66. The maximum atomic E-state index is 5.09. The van der Waals surface area contributed by atoms with Crippen LogP contribution in [0.1, 0.15) is 38.2 Å². The van der Waals surface area contributed by atoms with Gasteiger partial charge in [0, 0.05) is 18.3 Å². The van der Waals surface area contributed by atoms with Gasteiger partial charge in [-0.2, -0.15) is 0 Å². The second-order valence-electron chi connectivity index (χ2n) is 5.24. The highest BCUT2D eigenvalue weighted by Crippen LogP contribution is 2.34. The number of nitrogens with zero attached hydrogens (tertiary/aromatic N) is 1. The molecule has 1 aliphatic rings. The smallest absolute Gasteiger partial charge is 0.212 e. The van der Waals surface area contributed by atoms with Crippen LogP contribution in [0.15, 0.2) is 18.3 Å². The zero-order valence-corrected chi connectivity index (χ0v) is 11.5. The van der Waals surface area contributed by atoms with E-state index < -0.39 is 0 Å². The van der Waals surface area contributed by atoms with Crippen molar-refractivity contribution in [3.05, 3.63) is 23.9 Å². The number of rotatable bonds is 8. The highest BCUT2D eigenvalue weighted by atomic mass is 16.5. The molecule has 18 heavy (non-hydrogen) atoms. The van der Waals surface area contributed by atoms with E-state index >= 15 is 0 Å². The van der Waals surface area contributed by atoms with Crippen LogP contribution in [0.25, 0.3) is 0 Å². The third-order valence-electron chi connectivity index (χ3n) is 3.49. The molecule has 1 aromatic heterocycles. The highest BCUT2D eigenvalue weighted by molar-refractivity contribution is 5.18. The minimum absolute atomic E-state index is 0.604. The Morgan fingerprint density at radius 2 is 2.28 bits per heavy atom. The zero-order chi connectivity index (χ0) is 12.8. The summed E-state index contributed by atoms with van der Waals surface area (Å²) in [4.78, 5) is 4.28. The van der Waals surface area contributed by atoms with Crippen LogP contribution in [0.4, 0.5) is 0 Å². The average molecular weight is 248 g/mol. The minimum Gasteiger partial charge on any atom is -0.481 e. The SMILES string of the molecule is CCCNC(Cc1ccc(OC)nc1)CC1CC1. The molecule has 3 nitrogen and oxygen atoms in total. The van der Waals surface area contributed by atoms with Crippen molar-refractivity contribution >= 4 is 0 Å². The van der Waals surface area contributed by atoms with Gasteiger partial charge in [-0.25, -0.2) is 4.98 Å². The van der Waals surface area contributed by atoms with Crippen LogP contribution in [0.2, 0.25) is 0 Å². The molecule has 0 spiro atoms. The van der Waals surface area contributed by atoms with Crippen LogP contribution in [0.5, 0.6) is 5.88 Å². The molecule has 1 saturated carbocycles. The van der Waals surface area contributed by atoms with E-state index in [0.717, 1.165) is 18.9 Å². The Bertz CT molecular complexity index is 346. The molecule has 0 bridgehead atoms. The van der Waals surface area contributed by atoms with E-state index in [1.165, 1.54) is 31.2 Å². The fourth-order valence-corrected chi connectivity index (χ4v) is 2.28. The van der Waals surface area contributed by atoms with E-state index in [9.17, 15) is 0 Å². The lowest BCUT2D eigenvalue weighted by atomic mass is 10.0. The van der Waals surface area contributed by atoms with E-state index in [4.69, 9.17) is 4.74 Å². The van der Waals surface area contributed by atoms with E-state index in [2.05, 4.69) is 23.3 Å². The largest absolute Gasteiger partial charge is 0.481 e. The molecule has 0 radical (unpaired) electrons. The number of methoxy groups -OCH3 is 1. The van der Waals surface area contributed by atoms with Gasteiger partial charge in [-0.1, -0.05) is 25.8 Å². The van der Waals surface area contributed by atoms with E-state index in [1.807, 2.05) is 12.3 Å². The number of nitrogens with one attached hydrogen (secondary N) is 1. The number of pyridine rings is 1. The molecule has 1 aliphatic carbocycles. The first-order chi connectivity index (χ1) is 8.81. The van der Waals surface area contributed by atoms with Crippen LogP contribution in [-0.2, 0) is 6.42 Å². The van der Waals surface area contributed by atoms with Gasteiger partial charge in [-0.05, 0) is 37.3 Å². The van der Waals surface area contributed by atoms with Crippen LogP contribution < -0.4 is 10.1 Å². The lowest BCUT2D eigenvalue weighted by Gasteiger charge is -2.18. The molecular formula is C15H24N2O. The molecule has 1 heterocycles. The Hall–Kier alpha value is -1.09. The molecule has 0 aromatic carbocycles. The van der Waals surface area contributed by atoms with Crippen LogP contribution in [0, 0.1) is 5.92 Å². The second kappa shape index (κ2) is 6.74. The molecular weight excluding hydrogens is 224 g/mol. The lowest BCUT2D eigenvalue weighted by molar-refractivity contribution is 0.397. The number of hydrogen-bond donors (Lipinski definition) is 1. The number of hydrogen-bond acceptors (Lipinski definition) is 3. The van der Waals surface area contributed by atoms with Crippen molar-refractivity contribution in [2.45, 2.75) is 45.1 Å². The first kappa shape index (κ1) is 13.3. The summed E-state index contributed by atoms with van der Waals surface area (Å²) in [7, 11) is 1.65. The third-order valence-corrected chi connectivity index (χ3v) is 3.49.